The van der Waals surface area contributed by atoms with E-state index in [1.165, 1.54) is 16.5 Å². The molecular weight excluding hydrogens is 256 g/mol. The minimum Gasteiger partial charge on any atom is -0.379 e. The summed E-state index contributed by atoms with van der Waals surface area (Å²) in [5.74, 6) is 0. The fourth-order valence-corrected chi connectivity index (χ4v) is 2.65. The van der Waals surface area contributed by atoms with Crippen molar-refractivity contribution < 1.29 is 0 Å². The minimum atomic E-state index is 0.832. The van der Waals surface area contributed by atoms with Gasteiger partial charge in [0, 0.05) is 17.6 Å². The lowest BCUT2D eigenvalue weighted by Gasteiger charge is -2.12. The average molecular weight is 276 g/mol. The number of anilines is 1. The summed E-state index contributed by atoms with van der Waals surface area (Å²) >= 11 is 0. The molecule has 1 heterocycles. The van der Waals surface area contributed by atoms with Crippen molar-refractivity contribution in [3.05, 3.63) is 71.4 Å². The number of nitrogens with one attached hydrogen (secondary N) is 1. The molecule has 0 aliphatic carbocycles. The molecule has 0 unspecified atom stereocenters. The van der Waals surface area contributed by atoms with Crippen LogP contribution in [0.5, 0.6) is 0 Å². The summed E-state index contributed by atoms with van der Waals surface area (Å²) in [6, 6.07) is 19.1. The molecule has 2 heteroatoms. The van der Waals surface area contributed by atoms with Crippen LogP contribution in [0.2, 0.25) is 0 Å². The van der Waals surface area contributed by atoms with Crippen LogP contribution in [-0.2, 0) is 13.0 Å². The molecule has 0 saturated heterocycles. The van der Waals surface area contributed by atoms with Gasteiger partial charge in [-0.1, -0.05) is 49.4 Å². The molecule has 0 fully saturated rings. The molecule has 0 bridgehead atoms. The molecule has 3 aromatic rings. The molecule has 3 rings (SSSR count). The van der Waals surface area contributed by atoms with Crippen LogP contribution < -0.4 is 5.32 Å². The topological polar surface area (TPSA) is 24.9 Å². The van der Waals surface area contributed by atoms with Gasteiger partial charge in [-0.2, -0.15) is 0 Å². The van der Waals surface area contributed by atoms with E-state index >= 15 is 0 Å². The Kier molecular flexibility index (Phi) is 3.87. The molecule has 21 heavy (non-hydrogen) atoms. The highest BCUT2D eigenvalue weighted by Gasteiger charge is 2.04. The van der Waals surface area contributed by atoms with E-state index in [2.05, 4.69) is 71.8 Å². The van der Waals surface area contributed by atoms with Crippen LogP contribution in [0.3, 0.4) is 0 Å². The summed E-state index contributed by atoms with van der Waals surface area (Å²) in [5, 5.41) is 4.72. The lowest BCUT2D eigenvalue weighted by atomic mass is 10.1. The number of nitrogens with zero attached hydrogens (tertiary/aromatic N) is 1. The Morgan fingerprint density at radius 2 is 1.71 bits per heavy atom. The molecule has 2 aromatic carbocycles. The molecule has 0 saturated carbocycles. The van der Waals surface area contributed by atoms with Crippen molar-refractivity contribution in [2.75, 3.05) is 5.32 Å². The zero-order valence-corrected chi connectivity index (χ0v) is 12.6. The van der Waals surface area contributed by atoms with Gasteiger partial charge in [-0.05, 0) is 36.6 Å². The number of hydrogen-bond donors (Lipinski definition) is 1. The van der Waals surface area contributed by atoms with Gasteiger partial charge in [0.2, 0.25) is 0 Å². The van der Waals surface area contributed by atoms with E-state index in [0.717, 1.165) is 29.9 Å². The van der Waals surface area contributed by atoms with Crippen molar-refractivity contribution in [2.24, 2.45) is 0 Å². The second-order valence-electron chi connectivity index (χ2n) is 5.31. The second kappa shape index (κ2) is 5.96. The Bertz CT molecular complexity index is 762. The van der Waals surface area contributed by atoms with Crippen LogP contribution in [-0.4, -0.2) is 4.98 Å². The highest BCUT2D eigenvalue weighted by Crippen LogP contribution is 2.22. The van der Waals surface area contributed by atoms with Crippen molar-refractivity contribution in [3.63, 3.8) is 0 Å². The Labute approximate surface area is 125 Å². The Hall–Kier alpha value is -2.35. The molecule has 0 atom stereocenters. The second-order valence-corrected chi connectivity index (χ2v) is 5.31. The minimum absolute atomic E-state index is 0.832. The normalized spacial score (nSPS) is 10.8. The number of fused-ring (bicyclic) bond motifs is 1. The smallest absolute Gasteiger partial charge is 0.0936 e. The predicted octanol–water partition coefficient (Wildman–Crippen LogP) is 4.72. The first kappa shape index (κ1) is 13.6. The number of rotatable bonds is 4. The third-order valence-electron chi connectivity index (χ3n) is 3.83. The first-order valence-corrected chi connectivity index (χ1v) is 7.45. The van der Waals surface area contributed by atoms with Crippen molar-refractivity contribution in [2.45, 2.75) is 26.8 Å². The molecule has 1 N–H and O–H groups in total. The molecule has 0 aliphatic rings. The van der Waals surface area contributed by atoms with Crippen LogP contribution in [0.4, 0.5) is 5.69 Å². The van der Waals surface area contributed by atoms with Crippen molar-refractivity contribution >= 4 is 16.6 Å². The van der Waals surface area contributed by atoms with Crippen LogP contribution >= 0.6 is 0 Å². The van der Waals surface area contributed by atoms with Crippen LogP contribution in [0.15, 0.2) is 54.6 Å². The zero-order chi connectivity index (χ0) is 14.7. The molecule has 0 amide bonds. The van der Waals surface area contributed by atoms with Crippen LogP contribution in [0.25, 0.3) is 10.9 Å². The van der Waals surface area contributed by atoms with E-state index in [0.29, 0.717) is 0 Å². The number of para-hydroxylation sites is 1. The molecule has 0 aliphatic heterocycles. The van der Waals surface area contributed by atoms with Crippen LogP contribution in [0, 0.1) is 6.92 Å². The Balaban J connectivity index is 1.90. The van der Waals surface area contributed by atoms with Crippen molar-refractivity contribution in [1.29, 1.82) is 0 Å². The van der Waals surface area contributed by atoms with Gasteiger partial charge in [0.1, 0.15) is 0 Å². The van der Waals surface area contributed by atoms with E-state index in [1.54, 1.807) is 0 Å². The lowest BCUT2D eigenvalue weighted by molar-refractivity contribution is 1.04. The summed E-state index contributed by atoms with van der Waals surface area (Å²) in [5.41, 5.74) is 5.94. The van der Waals surface area contributed by atoms with Gasteiger partial charge >= 0.3 is 0 Å². The maximum absolute atomic E-state index is 4.67. The van der Waals surface area contributed by atoms with Crippen LogP contribution in [0.1, 0.15) is 23.7 Å². The summed E-state index contributed by atoms with van der Waals surface area (Å²) < 4.78 is 0. The van der Waals surface area contributed by atoms with Gasteiger partial charge in [-0.15, -0.1) is 0 Å². The number of pyridine rings is 1. The fraction of sp³-hybridized carbons (Fsp3) is 0.211. The van der Waals surface area contributed by atoms with E-state index < -0.39 is 0 Å². The largest absolute Gasteiger partial charge is 0.379 e. The fourth-order valence-electron chi connectivity index (χ4n) is 2.65. The van der Waals surface area contributed by atoms with Gasteiger partial charge in [0.05, 0.1) is 11.2 Å². The molecule has 1 aromatic heterocycles. The number of aromatic nitrogens is 1. The summed E-state index contributed by atoms with van der Waals surface area (Å²) in [6.45, 7) is 5.06. The summed E-state index contributed by atoms with van der Waals surface area (Å²) in [4.78, 5) is 4.67. The number of aryl methyl sites for hydroxylation is 2. The maximum Gasteiger partial charge on any atom is 0.0936 e. The molecule has 0 radical (unpaired) electrons. The molecule has 2 nitrogen and oxygen atoms in total. The van der Waals surface area contributed by atoms with Gasteiger partial charge in [-0.25, -0.2) is 0 Å². The van der Waals surface area contributed by atoms with E-state index in [9.17, 15) is 0 Å². The third-order valence-corrected chi connectivity index (χ3v) is 3.83. The van der Waals surface area contributed by atoms with E-state index in [4.69, 9.17) is 0 Å². The lowest BCUT2D eigenvalue weighted by Crippen LogP contribution is -2.03. The Morgan fingerprint density at radius 1 is 0.905 bits per heavy atom. The molecule has 106 valence electrons. The SMILES string of the molecule is CCc1ccccc1CNc1cccc2ccc(C)nc12. The standard InChI is InChI=1S/C19H20N2/c1-3-15-7-4-5-8-17(15)13-20-18-10-6-9-16-12-11-14(2)21-19(16)18/h4-12,20H,3,13H2,1-2H3. The zero-order valence-electron chi connectivity index (χ0n) is 12.6. The summed E-state index contributed by atoms with van der Waals surface area (Å²) in [6.07, 6.45) is 1.06. The van der Waals surface area contributed by atoms with E-state index in [-0.39, 0.29) is 0 Å². The third kappa shape index (κ3) is 2.89. The van der Waals surface area contributed by atoms with Gasteiger partial charge in [0.25, 0.3) is 0 Å². The van der Waals surface area contributed by atoms with Crippen molar-refractivity contribution in [3.8, 4) is 0 Å². The molecular formula is C19H20N2. The number of benzene rings is 2. The van der Waals surface area contributed by atoms with E-state index in [1.807, 2.05) is 6.92 Å². The highest BCUT2D eigenvalue weighted by atomic mass is 14.9. The van der Waals surface area contributed by atoms with Gasteiger partial charge in [-0.3, -0.25) is 4.98 Å². The van der Waals surface area contributed by atoms with Crippen molar-refractivity contribution in [1.82, 2.24) is 4.98 Å². The summed E-state index contributed by atoms with van der Waals surface area (Å²) in [7, 11) is 0. The quantitative estimate of drug-likeness (QED) is 0.746. The first-order chi connectivity index (χ1) is 10.3. The Morgan fingerprint density at radius 3 is 2.52 bits per heavy atom. The van der Waals surface area contributed by atoms with Gasteiger partial charge < -0.3 is 5.32 Å². The van der Waals surface area contributed by atoms with Gasteiger partial charge in [0.15, 0.2) is 0 Å². The number of hydrogen-bond acceptors (Lipinski definition) is 2. The first-order valence-electron chi connectivity index (χ1n) is 7.45. The predicted molar refractivity (Wildman–Crippen MR) is 89.6 cm³/mol. The maximum atomic E-state index is 4.67. The highest BCUT2D eigenvalue weighted by molar-refractivity contribution is 5.90. The monoisotopic (exact) mass is 276 g/mol. The average Bonchev–Trinajstić information content (AvgIpc) is 2.53. The molecule has 0 spiro atoms.